The van der Waals surface area contributed by atoms with Crippen LogP contribution in [-0.2, 0) is 0 Å². The van der Waals surface area contributed by atoms with Crippen LogP contribution in [0.5, 0.6) is 0 Å². The molecular weight excluding hydrogens is 376 g/mol. The summed E-state index contributed by atoms with van der Waals surface area (Å²) in [6.07, 6.45) is 15.6. The number of hydrogen-bond donors (Lipinski definition) is 1. The van der Waals surface area contributed by atoms with E-state index in [1.165, 1.54) is 63.4 Å². The first-order valence-corrected chi connectivity index (χ1v) is 13.6. The highest BCUT2D eigenvalue weighted by atomic mass is 16.3. The Morgan fingerprint density at radius 2 is 1.71 bits per heavy atom. The van der Waals surface area contributed by atoms with Crippen LogP contribution in [0.3, 0.4) is 0 Å². The molecule has 0 aromatic heterocycles. The summed E-state index contributed by atoms with van der Waals surface area (Å²) in [6.45, 7) is 19.1. The summed E-state index contributed by atoms with van der Waals surface area (Å²) in [6, 6.07) is 0. The van der Waals surface area contributed by atoms with Gasteiger partial charge in [-0.25, -0.2) is 0 Å². The van der Waals surface area contributed by atoms with Gasteiger partial charge < -0.3 is 5.11 Å². The highest BCUT2D eigenvalue weighted by Gasteiger charge is 2.60. The van der Waals surface area contributed by atoms with Gasteiger partial charge >= 0.3 is 0 Å². The van der Waals surface area contributed by atoms with Crippen LogP contribution in [0.25, 0.3) is 0 Å². The van der Waals surface area contributed by atoms with Gasteiger partial charge in [-0.3, -0.25) is 0 Å². The Bertz CT molecular complexity index is 703. The van der Waals surface area contributed by atoms with Crippen LogP contribution in [0.4, 0.5) is 0 Å². The third-order valence-electron chi connectivity index (χ3n) is 11.4. The molecule has 0 spiro atoms. The summed E-state index contributed by atoms with van der Waals surface area (Å²) in [5, 5.41) is 10.2. The van der Waals surface area contributed by atoms with Gasteiger partial charge in [0.2, 0.25) is 0 Å². The van der Waals surface area contributed by atoms with Crippen molar-refractivity contribution < 1.29 is 5.11 Å². The van der Waals surface area contributed by atoms with E-state index < -0.39 is 0 Å². The summed E-state index contributed by atoms with van der Waals surface area (Å²) in [5.74, 6) is 7.22. The van der Waals surface area contributed by atoms with E-state index in [1.54, 1.807) is 0 Å². The first-order chi connectivity index (χ1) is 14.6. The molecule has 0 aromatic rings. The molecule has 1 N–H and O–H groups in total. The normalized spacial score (nSPS) is 44.1. The van der Waals surface area contributed by atoms with Crippen molar-refractivity contribution in [1.82, 2.24) is 0 Å². The average molecular weight is 427 g/mol. The molecule has 0 heterocycles. The average Bonchev–Trinajstić information content (AvgIpc) is 3.05. The summed E-state index contributed by atoms with van der Waals surface area (Å²) in [4.78, 5) is 0. The summed E-state index contributed by atoms with van der Waals surface area (Å²) >= 11 is 0. The van der Waals surface area contributed by atoms with Crippen molar-refractivity contribution in [2.24, 2.45) is 58.2 Å². The lowest BCUT2D eigenvalue weighted by Gasteiger charge is -2.60. The Balaban J connectivity index is 1.46. The van der Waals surface area contributed by atoms with E-state index in [-0.39, 0.29) is 0 Å². The van der Waals surface area contributed by atoms with E-state index in [0.717, 1.165) is 36.0 Å². The van der Waals surface area contributed by atoms with Gasteiger partial charge in [0.25, 0.3) is 0 Å². The second-order valence-electron chi connectivity index (χ2n) is 13.2. The Labute approximate surface area is 193 Å². The van der Waals surface area contributed by atoms with Gasteiger partial charge in [-0.2, -0.15) is 0 Å². The monoisotopic (exact) mass is 426 g/mol. The molecule has 0 saturated heterocycles. The minimum absolute atomic E-state index is 0.437. The van der Waals surface area contributed by atoms with Crippen LogP contribution in [0.15, 0.2) is 24.0 Å². The number of aliphatic hydroxyl groups is 1. The van der Waals surface area contributed by atoms with Gasteiger partial charge in [0.15, 0.2) is 0 Å². The minimum Gasteiger partial charge on any atom is -0.513 e. The Morgan fingerprint density at radius 1 is 1.00 bits per heavy atom. The van der Waals surface area contributed by atoms with Crippen molar-refractivity contribution in [3.8, 4) is 0 Å². The van der Waals surface area contributed by atoms with Crippen LogP contribution in [-0.4, -0.2) is 5.11 Å². The summed E-state index contributed by atoms with van der Waals surface area (Å²) in [7, 11) is 0. The zero-order valence-corrected chi connectivity index (χ0v) is 21.4. The minimum atomic E-state index is 0.437. The summed E-state index contributed by atoms with van der Waals surface area (Å²) < 4.78 is 0. The number of aliphatic hydroxyl groups excluding tert-OH is 1. The number of rotatable bonds is 6. The van der Waals surface area contributed by atoms with E-state index in [4.69, 9.17) is 0 Å². The van der Waals surface area contributed by atoms with Crippen LogP contribution in [0.2, 0.25) is 0 Å². The van der Waals surface area contributed by atoms with E-state index in [1.807, 2.05) is 0 Å². The zero-order valence-electron chi connectivity index (χ0n) is 21.4. The van der Waals surface area contributed by atoms with Gasteiger partial charge in [-0.15, -0.1) is 0 Å². The molecule has 0 bridgehead atoms. The van der Waals surface area contributed by atoms with Gasteiger partial charge in [-0.1, -0.05) is 46.8 Å². The lowest BCUT2D eigenvalue weighted by atomic mass is 9.45. The molecule has 4 aliphatic rings. The molecule has 9 atom stereocenters. The third kappa shape index (κ3) is 3.95. The predicted octanol–water partition coefficient (Wildman–Crippen LogP) is 8.96. The Kier molecular flexibility index (Phi) is 6.48. The van der Waals surface area contributed by atoms with Gasteiger partial charge in [0.05, 0.1) is 5.76 Å². The highest BCUT2D eigenvalue weighted by Crippen LogP contribution is 2.68. The first-order valence-electron chi connectivity index (χ1n) is 13.6. The lowest BCUT2D eigenvalue weighted by molar-refractivity contribution is -0.0980. The van der Waals surface area contributed by atoms with Crippen LogP contribution in [0.1, 0.15) is 106 Å². The number of hydrogen-bond acceptors (Lipinski definition) is 1. The van der Waals surface area contributed by atoms with Gasteiger partial charge in [0.1, 0.15) is 0 Å². The van der Waals surface area contributed by atoms with Crippen molar-refractivity contribution >= 4 is 0 Å². The Morgan fingerprint density at radius 3 is 2.39 bits per heavy atom. The molecule has 4 rings (SSSR count). The Hall–Kier alpha value is -0.720. The molecule has 31 heavy (non-hydrogen) atoms. The first kappa shape index (κ1) is 23.4. The summed E-state index contributed by atoms with van der Waals surface area (Å²) in [5.41, 5.74) is 2.38. The molecule has 3 saturated carbocycles. The third-order valence-corrected chi connectivity index (χ3v) is 11.4. The van der Waals surface area contributed by atoms with Crippen LogP contribution >= 0.6 is 0 Å². The fourth-order valence-corrected chi connectivity index (χ4v) is 9.61. The van der Waals surface area contributed by atoms with Gasteiger partial charge in [-0.05, 0) is 129 Å². The molecule has 1 nitrogen and oxygen atoms in total. The van der Waals surface area contributed by atoms with E-state index in [2.05, 4.69) is 54.2 Å². The van der Waals surface area contributed by atoms with E-state index in [0.29, 0.717) is 34.3 Å². The van der Waals surface area contributed by atoms with Crippen molar-refractivity contribution in [3.05, 3.63) is 24.0 Å². The second-order valence-corrected chi connectivity index (χ2v) is 13.2. The SMILES string of the molecule is C=C(C)[C@H](CCC(C)C1CCC2C3CCC4C=C(O)CCC4(C)C3CCC12C)C(C)C. The lowest BCUT2D eigenvalue weighted by Crippen LogP contribution is -2.52. The van der Waals surface area contributed by atoms with E-state index in [9.17, 15) is 5.11 Å². The standard InChI is InChI=1S/C30H50O/c1-19(2)24(20(3)4)10-8-21(5)26-12-13-27-25-11-9-22-18-23(31)14-16-29(22,6)28(25)15-17-30(26,27)7/h18,20-22,24-28,31H,1,8-17H2,2-7H3/t21?,22?,24-,25?,26?,27?,28?,29?,30?/m0/s1. The molecule has 176 valence electrons. The molecular formula is C30H50O. The molecule has 4 aliphatic carbocycles. The van der Waals surface area contributed by atoms with E-state index >= 15 is 0 Å². The maximum atomic E-state index is 10.2. The van der Waals surface area contributed by atoms with Gasteiger partial charge in [0, 0.05) is 6.42 Å². The molecule has 8 unspecified atom stereocenters. The van der Waals surface area contributed by atoms with Crippen molar-refractivity contribution in [2.45, 2.75) is 106 Å². The quantitative estimate of drug-likeness (QED) is 0.420. The second kappa shape index (κ2) is 8.57. The zero-order chi connectivity index (χ0) is 22.6. The van der Waals surface area contributed by atoms with Crippen molar-refractivity contribution in [1.29, 1.82) is 0 Å². The molecule has 0 aromatic carbocycles. The fraction of sp³-hybridized carbons (Fsp3) is 0.867. The van der Waals surface area contributed by atoms with Crippen molar-refractivity contribution in [2.75, 3.05) is 0 Å². The topological polar surface area (TPSA) is 20.2 Å². The number of allylic oxidation sites excluding steroid dienone is 3. The molecule has 3 fully saturated rings. The maximum absolute atomic E-state index is 10.2. The van der Waals surface area contributed by atoms with Crippen molar-refractivity contribution in [3.63, 3.8) is 0 Å². The fourth-order valence-electron chi connectivity index (χ4n) is 9.61. The number of fused-ring (bicyclic) bond motifs is 5. The smallest absolute Gasteiger partial charge is 0.0886 e. The molecule has 0 radical (unpaired) electrons. The molecule has 0 amide bonds. The largest absolute Gasteiger partial charge is 0.513 e. The predicted molar refractivity (Wildman–Crippen MR) is 133 cm³/mol. The molecule has 0 aliphatic heterocycles. The van der Waals surface area contributed by atoms with Crippen LogP contribution < -0.4 is 0 Å². The maximum Gasteiger partial charge on any atom is 0.0886 e. The molecule has 1 heteroatoms. The highest BCUT2D eigenvalue weighted by molar-refractivity contribution is 5.15. The van der Waals surface area contributed by atoms with Crippen LogP contribution in [0, 0.1) is 58.2 Å².